The maximum Gasteiger partial charge on any atom is 0.330 e. The number of hydrogen-bond donors (Lipinski definition) is 1. The molecule has 5 atom stereocenters. The average molecular weight is 356 g/mol. The molecule has 0 saturated carbocycles. The number of hydrogen-bond acceptors (Lipinski definition) is 8. The van der Waals surface area contributed by atoms with E-state index in [1.165, 1.54) is 39.2 Å². The minimum atomic E-state index is -1.11. The summed E-state index contributed by atoms with van der Waals surface area (Å²) in [6.45, 7) is 4.06. The third-order valence-corrected chi connectivity index (χ3v) is 3.49. The molecule has 0 radical (unpaired) electrons. The van der Waals surface area contributed by atoms with Crippen LogP contribution >= 0.6 is 0 Å². The Kier molecular flexibility index (Phi) is 8.30. The summed E-state index contributed by atoms with van der Waals surface area (Å²) in [4.78, 5) is 33.6. The van der Waals surface area contributed by atoms with Gasteiger partial charge < -0.3 is 24.1 Å². The summed E-state index contributed by atoms with van der Waals surface area (Å²) in [6.07, 6.45) is 1.96. The van der Waals surface area contributed by atoms with Crippen LogP contribution in [-0.4, -0.2) is 60.6 Å². The molecule has 0 aliphatic carbocycles. The number of ether oxygens (including phenoxy) is 4. The Balaban J connectivity index is 2.82. The maximum atomic E-state index is 11.3. The largest absolute Gasteiger partial charge is 0.459 e. The summed E-state index contributed by atoms with van der Waals surface area (Å²) >= 11 is 0. The number of esters is 3. The zero-order valence-electron chi connectivity index (χ0n) is 14.7. The van der Waals surface area contributed by atoms with E-state index in [-0.39, 0.29) is 0 Å². The van der Waals surface area contributed by atoms with Crippen LogP contribution < -0.4 is 0 Å². The normalized spacial score (nSPS) is 22.0. The Morgan fingerprint density at radius 1 is 1.24 bits per heavy atom. The van der Waals surface area contributed by atoms with Crippen LogP contribution in [0.15, 0.2) is 24.3 Å². The van der Waals surface area contributed by atoms with Crippen molar-refractivity contribution in [2.45, 2.75) is 57.7 Å². The number of rotatable bonds is 8. The molecular weight excluding hydrogens is 332 g/mol. The summed E-state index contributed by atoms with van der Waals surface area (Å²) in [7, 11) is 1.38. The van der Waals surface area contributed by atoms with E-state index in [2.05, 4.69) is 0 Å². The highest BCUT2D eigenvalue weighted by Gasteiger charge is 2.30. The van der Waals surface area contributed by atoms with Crippen molar-refractivity contribution in [1.29, 1.82) is 0 Å². The van der Waals surface area contributed by atoms with Gasteiger partial charge in [0, 0.05) is 33.5 Å². The first-order valence-electron chi connectivity index (χ1n) is 7.85. The van der Waals surface area contributed by atoms with Gasteiger partial charge in [-0.15, -0.1) is 0 Å². The molecule has 1 heterocycles. The van der Waals surface area contributed by atoms with E-state index < -0.39 is 48.4 Å². The summed E-state index contributed by atoms with van der Waals surface area (Å²) in [5.41, 5.74) is 0. The molecule has 140 valence electrons. The fourth-order valence-corrected chi connectivity index (χ4v) is 2.32. The van der Waals surface area contributed by atoms with Crippen LogP contribution in [0.5, 0.6) is 0 Å². The van der Waals surface area contributed by atoms with Crippen LogP contribution in [0.3, 0.4) is 0 Å². The molecular formula is C17H24O8. The number of methoxy groups -OCH3 is 1. The maximum absolute atomic E-state index is 11.3. The van der Waals surface area contributed by atoms with Crippen molar-refractivity contribution in [3.05, 3.63) is 24.3 Å². The minimum absolute atomic E-state index is 0.359. The van der Waals surface area contributed by atoms with Gasteiger partial charge in [0.25, 0.3) is 0 Å². The monoisotopic (exact) mass is 356 g/mol. The molecule has 0 amide bonds. The highest BCUT2D eigenvalue weighted by molar-refractivity contribution is 5.82. The van der Waals surface area contributed by atoms with Crippen LogP contribution in [0.2, 0.25) is 0 Å². The van der Waals surface area contributed by atoms with Gasteiger partial charge in [-0.3, -0.25) is 9.59 Å². The molecule has 0 aromatic heterocycles. The lowest BCUT2D eigenvalue weighted by Crippen LogP contribution is -2.41. The Hall–Kier alpha value is -2.19. The second-order valence-corrected chi connectivity index (χ2v) is 5.58. The van der Waals surface area contributed by atoms with Crippen molar-refractivity contribution in [3.63, 3.8) is 0 Å². The Bertz CT molecular complexity index is 539. The molecule has 0 saturated heterocycles. The molecule has 1 aliphatic heterocycles. The second-order valence-electron chi connectivity index (χ2n) is 5.58. The highest BCUT2D eigenvalue weighted by Crippen LogP contribution is 2.17. The predicted molar refractivity (Wildman–Crippen MR) is 86.4 cm³/mol. The molecule has 1 aliphatic rings. The number of cyclic esters (lactones) is 1. The van der Waals surface area contributed by atoms with E-state index in [1.54, 1.807) is 13.0 Å². The molecule has 0 fully saturated rings. The number of aliphatic hydroxyl groups is 1. The van der Waals surface area contributed by atoms with E-state index in [4.69, 9.17) is 18.9 Å². The van der Waals surface area contributed by atoms with Crippen molar-refractivity contribution in [1.82, 2.24) is 0 Å². The van der Waals surface area contributed by atoms with Gasteiger partial charge in [-0.1, -0.05) is 12.2 Å². The van der Waals surface area contributed by atoms with E-state index in [1.807, 2.05) is 0 Å². The molecule has 0 aromatic carbocycles. The van der Waals surface area contributed by atoms with Crippen molar-refractivity contribution in [2.24, 2.45) is 0 Å². The Labute approximate surface area is 146 Å². The topological polar surface area (TPSA) is 108 Å². The lowest BCUT2D eigenvalue weighted by atomic mass is 10.0. The molecule has 1 rings (SSSR count). The number of carbonyl (C=O) groups excluding carboxylic acids is 3. The molecule has 8 heteroatoms. The molecule has 25 heavy (non-hydrogen) atoms. The summed E-state index contributed by atoms with van der Waals surface area (Å²) < 4.78 is 20.4. The first-order chi connectivity index (χ1) is 11.7. The average Bonchev–Trinajstić information content (AvgIpc) is 2.53. The summed E-state index contributed by atoms with van der Waals surface area (Å²) in [6, 6.07) is 0. The number of aliphatic hydroxyl groups excluding tert-OH is 1. The molecule has 1 N–H and O–H groups in total. The van der Waals surface area contributed by atoms with Gasteiger partial charge in [0.15, 0.2) is 6.10 Å². The van der Waals surface area contributed by atoms with Gasteiger partial charge >= 0.3 is 17.9 Å². The molecule has 0 unspecified atom stereocenters. The first kappa shape index (κ1) is 20.9. The van der Waals surface area contributed by atoms with Gasteiger partial charge in [-0.25, -0.2) is 4.79 Å². The Morgan fingerprint density at radius 3 is 2.36 bits per heavy atom. The zero-order valence-corrected chi connectivity index (χ0v) is 14.7. The van der Waals surface area contributed by atoms with E-state index in [9.17, 15) is 19.5 Å². The van der Waals surface area contributed by atoms with Crippen LogP contribution in [0.25, 0.3) is 0 Å². The fourth-order valence-electron chi connectivity index (χ4n) is 2.32. The quantitative estimate of drug-likeness (QED) is 0.384. The van der Waals surface area contributed by atoms with Crippen LogP contribution in [-0.2, 0) is 33.3 Å². The number of carbonyl (C=O) groups is 3. The minimum Gasteiger partial charge on any atom is -0.459 e. The van der Waals surface area contributed by atoms with Crippen LogP contribution in [0.4, 0.5) is 0 Å². The van der Waals surface area contributed by atoms with Crippen molar-refractivity contribution < 1.29 is 38.4 Å². The highest BCUT2D eigenvalue weighted by atomic mass is 16.6. The third kappa shape index (κ3) is 7.06. The second kappa shape index (κ2) is 9.95. The SMILES string of the molecule is CO[C@@H](/C=C/[C@@H](OC(C)=O)[C@@H](C)OC(C)=O)[C@H](O)[C@@H]1CC=CC(=O)O1. The van der Waals surface area contributed by atoms with Crippen LogP contribution in [0.1, 0.15) is 27.2 Å². The standard InChI is InChI=1S/C17H24O8/c1-10(23-11(2)18)13(24-12(3)19)8-9-14(22-4)17(21)15-6-5-7-16(20)25-15/h5,7-10,13-15,17,21H,6H2,1-4H3/b9-8+/t10-,13-,14+,15+,17+/m1/s1. The predicted octanol–water partition coefficient (Wildman–Crippen LogP) is 0.673. The lowest BCUT2D eigenvalue weighted by molar-refractivity contribution is -0.160. The lowest BCUT2D eigenvalue weighted by Gasteiger charge is -2.28. The van der Waals surface area contributed by atoms with Crippen molar-refractivity contribution in [3.8, 4) is 0 Å². The van der Waals surface area contributed by atoms with E-state index in [0.29, 0.717) is 6.42 Å². The van der Waals surface area contributed by atoms with Gasteiger partial charge in [0.2, 0.25) is 0 Å². The molecule has 0 spiro atoms. The van der Waals surface area contributed by atoms with Gasteiger partial charge in [0.05, 0.1) is 0 Å². The smallest absolute Gasteiger partial charge is 0.330 e. The van der Waals surface area contributed by atoms with Crippen molar-refractivity contribution >= 4 is 17.9 Å². The molecule has 0 aromatic rings. The van der Waals surface area contributed by atoms with Crippen LogP contribution in [0, 0.1) is 0 Å². The first-order valence-corrected chi connectivity index (χ1v) is 7.85. The van der Waals surface area contributed by atoms with Gasteiger partial charge in [0.1, 0.15) is 24.4 Å². The van der Waals surface area contributed by atoms with Gasteiger partial charge in [-0.2, -0.15) is 0 Å². The summed E-state index contributed by atoms with van der Waals surface area (Å²) in [5.74, 6) is -1.59. The van der Waals surface area contributed by atoms with E-state index >= 15 is 0 Å². The van der Waals surface area contributed by atoms with Crippen molar-refractivity contribution in [2.75, 3.05) is 7.11 Å². The molecule has 0 bridgehead atoms. The molecule has 8 nitrogen and oxygen atoms in total. The fraction of sp³-hybridized carbons (Fsp3) is 0.588. The zero-order chi connectivity index (χ0) is 19.0. The third-order valence-electron chi connectivity index (χ3n) is 3.49. The summed E-state index contributed by atoms with van der Waals surface area (Å²) in [5, 5.41) is 10.3. The Morgan fingerprint density at radius 2 is 1.84 bits per heavy atom. The van der Waals surface area contributed by atoms with E-state index in [0.717, 1.165) is 0 Å². The van der Waals surface area contributed by atoms with Gasteiger partial charge in [-0.05, 0) is 13.0 Å².